The Morgan fingerprint density at radius 3 is 2.27 bits per heavy atom. The molecule has 2 aromatic rings. The largest absolute Gasteiger partial charge is 0.0984 e. The lowest BCUT2D eigenvalue weighted by molar-refractivity contribution is 1.50. The molecule has 0 aliphatic rings. The van der Waals surface area contributed by atoms with Gasteiger partial charge >= 0.3 is 0 Å². The zero-order chi connectivity index (χ0) is 10.8. The lowest BCUT2D eigenvalue weighted by Gasteiger charge is -2.09. The number of hydrogen-bond acceptors (Lipinski definition) is 0. The lowest BCUT2D eigenvalue weighted by atomic mass is 9.95. The first-order valence-electron chi connectivity index (χ1n) is 5.05. The highest BCUT2D eigenvalue weighted by molar-refractivity contribution is 5.95. The normalized spacial score (nSPS) is 10.2. The van der Waals surface area contributed by atoms with Crippen LogP contribution in [0.2, 0.25) is 0 Å². The molecule has 0 fully saturated rings. The highest BCUT2D eigenvalue weighted by atomic mass is 14.1. The van der Waals surface area contributed by atoms with Crippen LogP contribution in [-0.4, -0.2) is 0 Å². The van der Waals surface area contributed by atoms with Crippen molar-refractivity contribution in [1.29, 1.82) is 0 Å². The maximum atomic E-state index is 3.87. The highest BCUT2D eigenvalue weighted by Gasteiger charge is 2.04. The topological polar surface area (TPSA) is 0 Å². The van der Waals surface area contributed by atoms with Crippen molar-refractivity contribution in [1.82, 2.24) is 0 Å². The molecule has 0 spiro atoms. The average molecular weight is 194 g/mol. The molecule has 2 rings (SSSR count). The van der Waals surface area contributed by atoms with Gasteiger partial charge < -0.3 is 0 Å². The van der Waals surface area contributed by atoms with Gasteiger partial charge in [-0.3, -0.25) is 0 Å². The van der Waals surface area contributed by atoms with E-state index in [1.54, 1.807) is 0 Å². The van der Waals surface area contributed by atoms with Gasteiger partial charge in [0, 0.05) is 0 Å². The van der Waals surface area contributed by atoms with Crippen LogP contribution in [0, 0.1) is 6.92 Å². The summed E-state index contributed by atoms with van der Waals surface area (Å²) in [6.07, 6.45) is 3.79. The standard InChI is InChI=1S/C15H14/c1-4-12-10-11(3)14-8-6-7-9-15(14)13(12)5-2/h4-10H,1-2H2,3H3. The molecule has 0 N–H and O–H groups in total. The Morgan fingerprint density at radius 2 is 1.67 bits per heavy atom. The van der Waals surface area contributed by atoms with Crippen LogP contribution in [0.5, 0.6) is 0 Å². The summed E-state index contributed by atoms with van der Waals surface area (Å²) in [7, 11) is 0. The SMILES string of the molecule is C=Cc1cc(C)c2ccccc2c1C=C. The van der Waals surface area contributed by atoms with Crippen molar-refractivity contribution in [3.05, 3.63) is 60.2 Å². The van der Waals surface area contributed by atoms with Gasteiger partial charge in [0.25, 0.3) is 0 Å². The van der Waals surface area contributed by atoms with Crippen LogP contribution in [0.4, 0.5) is 0 Å². The quantitative estimate of drug-likeness (QED) is 0.663. The van der Waals surface area contributed by atoms with E-state index in [0.717, 1.165) is 5.56 Å². The minimum atomic E-state index is 1.15. The molecule has 0 aliphatic heterocycles. The zero-order valence-electron chi connectivity index (χ0n) is 8.96. The van der Waals surface area contributed by atoms with E-state index < -0.39 is 0 Å². The second kappa shape index (κ2) is 3.74. The molecule has 2 aromatic carbocycles. The molecule has 74 valence electrons. The van der Waals surface area contributed by atoms with Crippen LogP contribution in [0.25, 0.3) is 22.9 Å². The molecular formula is C15H14. The van der Waals surface area contributed by atoms with Gasteiger partial charge in [-0.2, -0.15) is 0 Å². The summed E-state index contributed by atoms with van der Waals surface area (Å²) in [4.78, 5) is 0. The van der Waals surface area contributed by atoms with E-state index >= 15 is 0 Å². The van der Waals surface area contributed by atoms with E-state index in [-0.39, 0.29) is 0 Å². The van der Waals surface area contributed by atoms with Crippen molar-refractivity contribution >= 4 is 22.9 Å². The molecule has 0 aliphatic carbocycles. The van der Waals surface area contributed by atoms with E-state index in [1.807, 2.05) is 12.2 Å². The summed E-state index contributed by atoms with van der Waals surface area (Å²) in [5.41, 5.74) is 3.61. The van der Waals surface area contributed by atoms with Gasteiger partial charge in [-0.1, -0.05) is 55.6 Å². The summed E-state index contributed by atoms with van der Waals surface area (Å²) < 4.78 is 0. The Hall–Kier alpha value is -1.82. The van der Waals surface area contributed by atoms with E-state index in [0.29, 0.717) is 0 Å². The predicted molar refractivity (Wildman–Crippen MR) is 68.9 cm³/mol. The van der Waals surface area contributed by atoms with Crippen molar-refractivity contribution in [3.8, 4) is 0 Å². The Morgan fingerprint density at radius 1 is 1.00 bits per heavy atom. The maximum Gasteiger partial charge on any atom is -0.0103 e. The van der Waals surface area contributed by atoms with Crippen molar-refractivity contribution in [2.75, 3.05) is 0 Å². The second-order valence-electron chi connectivity index (χ2n) is 3.65. The van der Waals surface area contributed by atoms with Crippen LogP contribution < -0.4 is 0 Å². The van der Waals surface area contributed by atoms with E-state index in [2.05, 4.69) is 50.4 Å². The first-order chi connectivity index (χ1) is 7.27. The number of hydrogen-bond donors (Lipinski definition) is 0. The number of fused-ring (bicyclic) bond motifs is 1. The molecule has 0 heteroatoms. The van der Waals surface area contributed by atoms with Crippen molar-refractivity contribution in [3.63, 3.8) is 0 Å². The van der Waals surface area contributed by atoms with Crippen molar-refractivity contribution in [2.45, 2.75) is 6.92 Å². The van der Waals surface area contributed by atoms with Crippen LogP contribution in [0.3, 0.4) is 0 Å². The van der Waals surface area contributed by atoms with Gasteiger partial charge in [0.2, 0.25) is 0 Å². The number of aryl methyl sites for hydroxylation is 1. The maximum absolute atomic E-state index is 3.87. The Bertz CT molecular complexity index is 533. The van der Waals surface area contributed by atoms with Crippen molar-refractivity contribution < 1.29 is 0 Å². The molecule has 0 amide bonds. The first kappa shape index (κ1) is 9.72. The van der Waals surface area contributed by atoms with Crippen molar-refractivity contribution in [2.24, 2.45) is 0 Å². The predicted octanol–water partition coefficient (Wildman–Crippen LogP) is 4.43. The van der Waals surface area contributed by atoms with Crippen LogP contribution in [0.15, 0.2) is 43.5 Å². The Balaban J connectivity index is 2.97. The molecular weight excluding hydrogens is 180 g/mol. The van der Waals surface area contributed by atoms with Gasteiger partial charge in [-0.05, 0) is 34.4 Å². The fraction of sp³-hybridized carbons (Fsp3) is 0.0667. The van der Waals surface area contributed by atoms with Gasteiger partial charge in [0.05, 0.1) is 0 Å². The third-order valence-electron chi connectivity index (χ3n) is 2.75. The first-order valence-corrected chi connectivity index (χ1v) is 5.05. The molecule has 0 bridgehead atoms. The summed E-state index contributed by atoms with van der Waals surface area (Å²) in [6.45, 7) is 9.84. The van der Waals surface area contributed by atoms with Crippen LogP contribution in [-0.2, 0) is 0 Å². The Kier molecular flexibility index (Phi) is 2.42. The molecule has 0 heterocycles. The van der Waals surface area contributed by atoms with Gasteiger partial charge in [-0.15, -0.1) is 0 Å². The van der Waals surface area contributed by atoms with E-state index in [1.165, 1.54) is 21.9 Å². The summed E-state index contributed by atoms with van der Waals surface area (Å²) in [6, 6.07) is 10.6. The molecule has 15 heavy (non-hydrogen) atoms. The van der Waals surface area contributed by atoms with Crippen LogP contribution >= 0.6 is 0 Å². The molecule has 0 unspecified atom stereocenters. The van der Waals surface area contributed by atoms with Gasteiger partial charge in [0.15, 0.2) is 0 Å². The second-order valence-corrected chi connectivity index (χ2v) is 3.65. The molecule has 0 aromatic heterocycles. The third-order valence-corrected chi connectivity index (χ3v) is 2.75. The number of benzene rings is 2. The molecule has 0 radical (unpaired) electrons. The van der Waals surface area contributed by atoms with Crippen LogP contribution in [0.1, 0.15) is 16.7 Å². The average Bonchev–Trinajstić information content (AvgIpc) is 2.29. The molecule has 0 saturated carbocycles. The minimum Gasteiger partial charge on any atom is -0.0984 e. The summed E-state index contributed by atoms with van der Waals surface area (Å²) in [5.74, 6) is 0. The minimum absolute atomic E-state index is 1.15. The van der Waals surface area contributed by atoms with E-state index in [4.69, 9.17) is 0 Å². The van der Waals surface area contributed by atoms with Gasteiger partial charge in [0.1, 0.15) is 0 Å². The van der Waals surface area contributed by atoms with E-state index in [9.17, 15) is 0 Å². The fourth-order valence-corrected chi connectivity index (χ4v) is 2.00. The third kappa shape index (κ3) is 1.48. The monoisotopic (exact) mass is 194 g/mol. The fourth-order valence-electron chi connectivity index (χ4n) is 2.00. The highest BCUT2D eigenvalue weighted by Crippen LogP contribution is 2.27. The Labute approximate surface area is 90.6 Å². The lowest BCUT2D eigenvalue weighted by Crippen LogP contribution is -1.87. The molecule has 0 saturated heterocycles. The summed E-state index contributed by atoms with van der Waals surface area (Å²) in [5, 5.41) is 2.54. The smallest absolute Gasteiger partial charge is 0.0103 e. The zero-order valence-corrected chi connectivity index (χ0v) is 8.96. The number of rotatable bonds is 2. The summed E-state index contributed by atoms with van der Waals surface area (Å²) >= 11 is 0. The molecule has 0 nitrogen and oxygen atoms in total. The van der Waals surface area contributed by atoms with Gasteiger partial charge in [-0.25, -0.2) is 0 Å². The molecule has 0 atom stereocenters.